The number of fused-ring (bicyclic) bond motifs is 1. The number of para-hydroxylation sites is 2. The molecule has 1 amide bonds. The third kappa shape index (κ3) is 3.95. The fourth-order valence-corrected chi connectivity index (χ4v) is 3.98. The van der Waals surface area contributed by atoms with Crippen LogP contribution < -0.4 is 15.5 Å². The number of allylic oxidation sites excluding steroid dienone is 1. The zero-order valence-corrected chi connectivity index (χ0v) is 17.2. The van der Waals surface area contributed by atoms with Crippen molar-refractivity contribution in [3.05, 3.63) is 41.5 Å². The lowest BCUT2D eigenvalue weighted by atomic mass is 10.2. The maximum Gasteiger partial charge on any atom is 0.217 e. The summed E-state index contributed by atoms with van der Waals surface area (Å²) in [6.45, 7) is 0. The predicted molar refractivity (Wildman–Crippen MR) is 110 cm³/mol. The lowest BCUT2D eigenvalue weighted by molar-refractivity contribution is -0.118. The Kier molecular flexibility index (Phi) is 5.89. The second-order valence-corrected chi connectivity index (χ2v) is 7.50. The smallest absolute Gasteiger partial charge is 0.217 e. The average molecular weight is 411 g/mol. The third-order valence-electron chi connectivity index (χ3n) is 4.71. The van der Waals surface area contributed by atoms with Crippen LogP contribution in [0, 0.1) is 11.3 Å². The molecule has 150 valence electrons. The van der Waals surface area contributed by atoms with Crippen LogP contribution in [0.5, 0.6) is 0 Å². The summed E-state index contributed by atoms with van der Waals surface area (Å²) in [4.78, 5) is 27.5. The van der Waals surface area contributed by atoms with E-state index in [2.05, 4.69) is 16.3 Å². The summed E-state index contributed by atoms with van der Waals surface area (Å²) in [5, 5.41) is 18.3. The van der Waals surface area contributed by atoms with E-state index in [9.17, 15) is 14.9 Å². The number of nitrogens with zero attached hydrogens (tertiary/aromatic N) is 6. The number of benzene rings is 1. The van der Waals surface area contributed by atoms with Gasteiger partial charge in [-0.2, -0.15) is 5.26 Å². The summed E-state index contributed by atoms with van der Waals surface area (Å²) in [5.41, 5.74) is 7.13. The van der Waals surface area contributed by atoms with Crippen LogP contribution in [0.15, 0.2) is 40.8 Å². The van der Waals surface area contributed by atoms with Gasteiger partial charge in [0.05, 0.1) is 17.1 Å². The van der Waals surface area contributed by atoms with Gasteiger partial charge in [-0.3, -0.25) is 9.59 Å². The monoisotopic (exact) mass is 411 g/mol. The molecule has 2 N–H and O–H groups in total. The molecule has 2 aromatic rings. The number of Topliss-reactive ketones (excluding diaryl/α,β-unsaturated/α-hetero) is 1. The fraction of sp³-hybridized carbons (Fsp3) is 0.316. The Bertz CT molecular complexity index is 1010. The van der Waals surface area contributed by atoms with Crippen LogP contribution in [-0.2, 0) is 23.1 Å². The summed E-state index contributed by atoms with van der Waals surface area (Å²) in [6.07, 6.45) is 0.564. The third-order valence-corrected chi connectivity index (χ3v) is 5.73. The van der Waals surface area contributed by atoms with Gasteiger partial charge in [0.15, 0.2) is 10.9 Å². The number of thioether (sulfide) groups is 1. The summed E-state index contributed by atoms with van der Waals surface area (Å²) < 4.78 is 1.73. The summed E-state index contributed by atoms with van der Waals surface area (Å²) in [7, 11) is 5.44. The normalized spacial score (nSPS) is 12.7. The van der Waals surface area contributed by atoms with Crippen LogP contribution in [0.25, 0.3) is 0 Å². The van der Waals surface area contributed by atoms with Crippen LogP contribution in [0.1, 0.15) is 12.2 Å². The van der Waals surface area contributed by atoms with E-state index in [1.54, 1.807) is 11.6 Å². The minimum atomic E-state index is -0.409. The van der Waals surface area contributed by atoms with Gasteiger partial charge in [0.2, 0.25) is 5.91 Å². The number of carbonyl (C=O) groups is 2. The summed E-state index contributed by atoms with van der Waals surface area (Å²) in [6, 6.07) is 9.79. The van der Waals surface area contributed by atoms with Gasteiger partial charge >= 0.3 is 0 Å². The van der Waals surface area contributed by atoms with E-state index in [0.717, 1.165) is 11.4 Å². The van der Waals surface area contributed by atoms with E-state index in [4.69, 9.17) is 5.73 Å². The molecule has 1 aliphatic heterocycles. The second kappa shape index (κ2) is 8.36. The first kappa shape index (κ1) is 20.4. The second-order valence-electron chi connectivity index (χ2n) is 6.55. The van der Waals surface area contributed by atoms with Crippen LogP contribution in [0.4, 0.5) is 11.4 Å². The Morgan fingerprint density at radius 2 is 1.76 bits per heavy atom. The van der Waals surface area contributed by atoms with Crippen molar-refractivity contribution in [1.29, 1.82) is 5.26 Å². The number of rotatable bonds is 7. The number of ketones is 1. The molecular weight excluding hydrogens is 390 g/mol. The van der Waals surface area contributed by atoms with Crippen molar-refractivity contribution < 1.29 is 9.59 Å². The van der Waals surface area contributed by atoms with E-state index < -0.39 is 5.91 Å². The molecule has 0 aliphatic carbocycles. The number of primary amides is 1. The molecule has 2 heterocycles. The van der Waals surface area contributed by atoms with Crippen molar-refractivity contribution in [1.82, 2.24) is 14.8 Å². The van der Waals surface area contributed by atoms with Crippen LogP contribution in [0.2, 0.25) is 0 Å². The molecule has 0 atom stereocenters. The SMILES string of the molecule is CN1C(=C(C#N)C(=O)CSc2nnc(CCC(N)=O)n2C)N(C)c2ccccc21. The van der Waals surface area contributed by atoms with Crippen molar-refractivity contribution in [2.45, 2.75) is 18.0 Å². The standard InChI is InChI=1S/C19H21N7O2S/c1-24-13-6-4-5-7-14(13)25(2)18(24)12(10-20)15(27)11-29-19-23-22-17(26(19)3)9-8-16(21)28/h4-7H,8-9,11H2,1-3H3,(H2,21,28). The number of nitriles is 1. The molecule has 0 spiro atoms. The molecule has 1 aliphatic rings. The van der Waals surface area contributed by atoms with E-state index >= 15 is 0 Å². The van der Waals surface area contributed by atoms with Crippen LogP contribution in [0.3, 0.4) is 0 Å². The molecule has 0 radical (unpaired) electrons. The number of aryl methyl sites for hydroxylation is 1. The highest BCUT2D eigenvalue weighted by atomic mass is 32.2. The van der Waals surface area contributed by atoms with Crippen molar-refractivity contribution in [3.63, 3.8) is 0 Å². The molecule has 0 saturated heterocycles. The van der Waals surface area contributed by atoms with Gasteiger partial charge in [0, 0.05) is 34.0 Å². The van der Waals surface area contributed by atoms with E-state index in [-0.39, 0.29) is 23.5 Å². The number of hydrogen-bond donors (Lipinski definition) is 1. The lowest BCUT2D eigenvalue weighted by Crippen LogP contribution is -2.26. The van der Waals surface area contributed by atoms with Gasteiger partial charge in [-0.1, -0.05) is 23.9 Å². The predicted octanol–water partition coefficient (Wildman–Crippen LogP) is 1.22. The molecule has 1 aromatic heterocycles. The largest absolute Gasteiger partial charge is 0.370 e. The molecule has 9 nitrogen and oxygen atoms in total. The van der Waals surface area contributed by atoms with Crippen molar-refractivity contribution >= 4 is 34.8 Å². The zero-order valence-electron chi connectivity index (χ0n) is 16.4. The maximum absolute atomic E-state index is 12.8. The first-order chi connectivity index (χ1) is 13.8. The Labute approximate surface area is 172 Å². The topological polar surface area (TPSA) is 121 Å². The molecule has 0 saturated carbocycles. The van der Waals surface area contributed by atoms with Gasteiger partial charge in [0.25, 0.3) is 0 Å². The number of anilines is 2. The van der Waals surface area contributed by atoms with Gasteiger partial charge in [-0.05, 0) is 12.1 Å². The maximum atomic E-state index is 12.8. The van der Waals surface area contributed by atoms with E-state index in [1.807, 2.05) is 48.2 Å². The number of hydrogen-bond acceptors (Lipinski definition) is 8. The van der Waals surface area contributed by atoms with Crippen LogP contribution in [-0.4, -0.2) is 46.3 Å². The first-order valence-electron chi connectivity index (χ1n) is 8.88. The molecule has 0 unspecified atom stereocenters. The molecule has 0 bridgehead atoms. The molecular formula is C19H21N7O2S. The van der Waals surface area contributed by atoms with Crippen molar-refractivity contribution in [2.75, 3.05) is 29.6 Å². The highest BCUT2D eigenvalue weighted by Gasteiger charge is 2.31. The molecule has 10 heteroatoms. The zero-order chi connectivity index (χ0) is 21.1. The molecule has 29 heavy (non-hydrogen) atoms. The Morgan fingerprint density at radius 1 is 1.14 bits per heavy atom. The molecule has 0 fully saturated rings. The molecule has 3 rings (SSSR count). The highest BCUT2D eigenvalue weighted by Crippen LogP contribution is 2.40. The quantitative estimate of drug-likeness (QED) is 0.410. The minimum Gasteiger partial charge on any atom is -0.370 e. The van der Waals surface area contributed by atoms with E-state index in [0.29, 0.717) is 23.2 Å². The summed E-state index contributed by atoms with van der Waals surface area (Å²) in [5.74, 6) is 0.517. The molecule has 1 aromatic carbocycles. The number of amides is 1. The number of nitrogens with two attached hydrogens (primary N) is 1. The Balaban J connectivity index is 1.76. The van der Waals surface area contributed by atoms with E-state index in [1.165, 1.54) is 11.8 Å². The first-order valence-corrected chi connectivity index (χ1v) is 9.87. The van der Waals surface area contributed by atoms with Gasteiger partial charge in [0.1, 0.15) is 23.3 Å². The minimum absolute atomic E-state index is 0.0478. The van der Waals surface area contributed by atoms with Crippen molar-refractivity contribution in [3.8, 4) is 6.07 Å². The number of aromatic nitrogens is 3. The Hall–Kier alpha value is -3.32. The lowest BCUT2D eigenvalue weighted by Gasteiger charge is -2.19. The van der Waals surface area contributed by atoms with Gasteiger partial charge < -0.3 is 20.1 Å². The summed E-state index contributed by atoms with van der Waals surface area (Å²) >= 11 is 1.20. The van der Waals surface area contributed by atoms with Gasteiger partial charge in [-0.15, -0.1) is 10.2 Å². The van der Waals surface area contributed by atoms with Gasteiger partial charge in [-0.25, -0.2) is 0 Å². The highest BCUT2D eigenvalue weighted by molar-refractivity contribution is 7.99. The Morgan fingerprint density at radius 3 is 2.31 bits per heavy atom. The van der Waals surface area contributed by atoms with Crippen molar-refractivity contribution in [2.24, 2.45) is 12.8 Å². The fourth-order valence-electron chi connectivity index (χ4n) is 3.18. The average Bonchev–Trinajstić information content (AvgIpc) is 3.18. The number of carbonyl (C=O) groups excluding carboxylic acids is 2. The van der Waals surface area contributed by atoms with Crippen LogP contribution >= 0.6 is 11.8 Å².